The molecule has 0 bridgehead atoms. The first-order chi connectivity index (χ1) is 10.4. The minimum Gasteiger partial charge on any atom is -0.279 e. The van der Waals surface area contributed by atoms with Crippen molar-refractivity contribution in [1.29, 1.82) is 0 Å². The second-order valence-electron chi connectivity index (χ2n) is 5.36. The molecule has 2 rings (SSSR count). The highest BCUT2D eigenvalue weighted by Crippen LogP contribution is 2.22. The fourth-order valence-corrected chi connectivity index (χ4v) is 3.01. The van der Waals surface area contributed by atoms with Crippen molar-refractivity contribution in [3.8, 4) is 0 Å². The summed E-state index contributed by atoms with van der Waals surface area (Å²) in [7, 11) is -3.46. The lowest BCUT2D eigenvalue weighted by Gasteiger charge is -2.07. The Morgan fingerprint density at radius 3 is 2.05 bits per heavy atom. The zero-order chi connectivity index (χ0) is 16.2. The maximum absolute atomic E-state index is 12.5. The molecule has 0 aliphatic carbocycles. The summed E-state index contributed by atoms with van der Waals surface area (Å²) in [5.41, 5.74) is 4.68. The van der Waals surface area contributed by atoms with Crippen molar-refractivity contribution < 1.29 is 8.42 Å². The van der Waals surface area contributed by atoms with Gasteiger partial charge in [0.2, 0.25) is 9.84 Å². The van der Waals surface area contributed by atoms with Crippen molar-refractivity contribution in [2.75, 3.05) is 5.43 Å². The van der Waals surface area contributed by atoms with Gasteiger partial charge in [-0.15, -0.1) is 0 Å². The van der Waals surface area contributed by atoms with Crippen LogP contribution in [0.3, 0.4) is 0 Å². The number of hydrazone groups is 1. The minimum atomic E-state index is -3.46. The maximum Gasteiger partial charge on any atom is 0.206 e. The molecule has 0 fully saturated rings. The lowest BCUT2D eigenvalue weighted by molar-refractivity contribution is 0.596. The summed E-state index contributed by atoms with van der Waals surface area (Å²) >= 11 is 0. The lowest BCUT2D eigenvalue weighted by atomic mass is 10.1. The van der Waals surface area contributed by atoms with Gasteiger partial charge in [-0.05, 0) is 49.2 Å². The molecular formula is C17H20N2O2S. The highest BCUT2D eigenvalue weighted by atomic mass is 32.2. The van der Waals surface area contributed by atoms with Crippen molar-refractivity contribution in [1.82, 2.24) is 0 Å². The van der Waals surface area contributed by atoms with E-state index in [0.717, 1.165) is 11.4 Å². The molecule has 0 aromatic heterocycles. The monoisotopic (exact) mass is 316 g/mol. The fraction of sp³-hybridized carbons (Fsp3) is 0.235. The molecule has 4 nitrogen and oxygen atoms in total. The SMILES string of the molecule is CC(=NNc1ccc(S(=O)(=O)c2ccccc2)cc1)C(C)C. The van der Waals surface area contributed by atoms with Gasteiger partial charge in [0, 0.05) is 5.71 Å². The summed E-state index contributed by atoms with van der Waals surface area (Å²) in [6.07, 6.45) is 0. The summed E-state index contributed by atoms with van der Waals surface area (Å²) in [5.74, 6) is 0.366. The Bertz CT molecular complexity index is 749. The van der Waals surface area contributed by atoms with E-state index in [-0.39, 0.29) is 4.90 Å². The van der Waals surface area contributed by atoms with Gasteiger partial charge in [0.15, 0.2) is 0 Å². The van der Waals surface area contributed by atoms with Crippen LogP contribution in [0.2, 0.25) is 0 Å². The molecule has 0 amide bonds. The van der Waals surface area contributed by atoms with Crippen LogP contribution in [0.1, 0.15) is 20.8 Å². The lowest BCUT2D eigenvalue weighted by Crippen LogP contribution is -2.05. The topological polar surface area (TPSA) is 58.5 Å². The molecule has 2 aromatic carbocycles. The number of rotatable bonds is 5. The Balaban J connectivity index is 2.21. The average Bonchev–Trinajstić information content (AvgIpc) is 2.53. The number of nitrogens with one attached hydrogen (secondary N) is 1. The second kappa shape index (κ2) is 6.75. The molecule has 0 spiro atoms. The molecular weight excluding hydrogens is 296 g/mol. The van der Waals surface area contributed by atoms with Crippen LogP contribution in [0.25, 0.3) is 0 Å². The van der Waals surface area contributed by atoms with Crippen LogP contribution in [-0.2, 0) is 9.84 Å². The molecule has 0 unspecified atom stereocenters. The van der Waals surface area contributed by atoms with E-state index < -0.39 is 9.84 Å². The smallest absolute Gasteiger partial charge is 0.206 e. The number of sulfone groups is 1. The number of hydrogen-bond acceptors (Lipinski definition) is 4. The summed E-state index contributed by atoms with van der Waals surface area (Å²) in [4.78, 5) is 0.568. The van der Waals surface area contributed by atoms with Crippen LogP contribution in [0.15, 0.2) is 69.5 Å². The highest BCUT2D eigenvalue weighted by molar-refractivity contribution is 7.91. The molecule has 0 saturated heterocycles. The number of benzene rings is 2. The summed E-state index contributed by atoms with van der Waals surface area (Å²) < 4.78 is 24.9. The zero-order valence-electron chi connectivity index (χ0n) is 12.9. The van der Waals surface area contributed by atoms with Crippen molar-refractivity contribution in [3.63, 3.8) is 0 Å². The van der Waals surface area contributed by atoms with E-state index in [1.807, 2.05) is 6.92 Å². The molecule has 2 aromatic rings. The van der Waals surface area contributed by atoms with E-state index >= 15 is 0 Å². The van der Waals surface area contributed by atoms with E-state index in [2.05, 4.69) is 24.4 Å². The van der Waals surface area contributed by atoms with E-state index in [0.29, 0.717) is 10.8 Å². The second-order valence-corrected chi connectivity index (χ2v) is 7.31. The highest BCUT2D eigenvalue weighted by Gasteiger charge is 2.16. The Kier molecular flexibility index (Phi) is 4.98. The van der Waals surface area contributed by atoms with Gasteiger partial charge in [-0.3, -0.25) is 5.43 Å². The van der Waals surface area contributed by atoms with Crippen molar-refractivity contribution in [2.45, 2.75) is 30.6 Å². The van der Waals surface area contributed by atoms with E-state index in [1.165, 1.54) is 0 Å². The van der Waals surface area contributed by atoms with Gasteiger partial charge in [-0.1, -0.05) is 32.0 Å². The largest absolute Gasteiger partial charge is 0.279 e. The zero-order valence-corrected chi connectivity index (χ0v) is 13.8. The predicted molar refractivity (Wildman–Crippen MR) is 89.9 cm³/mol. The first-order valence-electron chi connectivity index (χ1n) is 7.11. The first kappa shape index (κ1) is 16.2. The molecule has 0 atom stereocenters. The van der Waals surface area contributed by atoms with Crippen LogP contribution in [0.4, 0.5) is 5.69 Å². The molecule has 1 N–H and O–H groups in total. The number of hydrogen-bond donors (Lipinski definition) is 1. The standard InChI is InChI=1S/C17H20N2O2S/c1-13(2)14(3)18-19-15-9-11-17(12-10-15)22(20,21)16-7-5-4-6-8-16/h4-13,19H,1-3H3. The minimum absolute atomic E-state index is 0.272. The third kappa shape index (κ3) is 3.74. The van der Waals surface area contributed by atoms with Gasteiger partial charge in [0.05, 0.1) is 15.5 Å². The van der Waals surface area contributed by atoms with Crippen LogP contribution in [-0.4, -0.2) is 14.1 Å². The van der Waals surface area contributed by atoms with Crippen molar-refractivity contribution >= 4 is 21.2 Å². The normalized spacial score (nSPS) is 12.5. The fourth-order valence-electron chi connectivity index (χ4n) is 1.73. The maximum atomic E-state index is 12.5. The number of anilines is 1. The first-order valence-corrected chi connectivity index (χ1v) is 8.60. The summed E-state index contributed by atoms with van der Waals surface area (Å²) in [6.45, 7) is 6.08. The van der Waals surface area contributed by atoms with Gasteiger partial charge in [0.25, 0.3) is 0 Å². The molecule has 0 heterocycles. The Hall–Kier alpha value is -2.14. The van der Waals surface area contributed by atoms with E-state index in [1.54, 1.807) is 54.6 Å². The van der Waals surface area contributed by atoms with Crippen LogP contribution >= 0.6 is 0 Å². The Morgan fingerprint density at radius 1 is 0.955 bits per heavy atom. The third-order valence-electron chi connectivity index (χ3n) is 3.42. The van der Waals surface area contributed by atoms with Crippen molar-refractivity contribution in [3.05, 3.63) is 54.6 Å². The average molecular weight is 316 g/mol. The van der Waals surface area contributed by atoms with E-state index in [4.69, 9.17) is 0 Å². The van der Waals surface area contributed by atoms with Gasteiger partial charge >= 0.3 is 0 Å². The van der Waals surface area contributed by atoms with Gasteiger partial charge in [-0.2, -0.15) is 5.10 Å². The predicted octanol–water partition coefficient (Wildman–Crippen LogP) is 3.96. The van der Waals surface area contributed by atoms with Crippen LogP contribution in [0, 0.1) is 5.92 Å². The molecule has 0 aliphatic heterocycles. The van der Waals surface area contributed by atoms with Crippen molar-refractivity contribution in [2.24, 2.45) is 11.0 Å². The Morgan fingerprint density at radius 2 is 1.50 bits per heavy atom. The summed E-state index contributed by atoms with van der Waals surface area (Å²) in [6, 6.07) is 15.0. The molecule has 116 valence electrons. The molecule has 0 radical (unpaired) electrons. The van der Waals surface area contributed by atoms with Crippen LogP contribution in [0.5, 0.6) is 0 Å². The van der Waals surface area contributed by atoms with Gasteiger partial charge < -0.3 is 0 Å². The molecule has 0 saturated carbocycles. The quantitative estimate of drug-likeness (QED) is 0.671. The Labute approximate surface area is 131 Å². The third-order valence-corrected chi connectivity index (χ3v) is 5.20. The van der Waals surface area contributed by atoms with Crippen LogP contribution < -0.4 is 5.43 Å². The molecule has 22 heavy (non-hydrogen) atoms. The number of nitrogens with zero attached hydrogens (tertiary/aromatic N) is 1. The van der Waals surface area contributed by atoms with Gasteiger partial charge in [-0.25, -0.2) is 8.42 Å². The molecule has 0 aliphatic rings. The molecule has 5 heteroatoms. The van der Waals surface area contributed by atoms with Gasteiger partial charge in [0.1, 0.15) is 0 Å². The summed E-state index contributed by atoms with van der Waals surface area (Å²) in [5, 5.41) is 4.26. The van der Waals surface area contributed by atoms with E-state index in [9.17, 15) is 8.42 Å².